The Balaban J connectivity index is 1.64. The van der Waals surface area contributed by atoms with Crippen LogP contribution in [0.4, 0.5) is 0 Å². The van der Waals surface area contributed by atoms with Gasteiger partial charge in [-0.05, 0) is 54.2 Å². The highest BCUT2D eigenvalue weighted by Gasteiger charge is 2.32. The van der Waals surface area contributed by atoms with E-state index in [9.17, 15) is 4.79 Å². The maximum atomic E-state index is 13.7. The molecule has 6 rings (SSSR count). The van der Waals surface area contributed by atoms with Crippen LogP contribution in [0.3, 0.4) is 0 Å². The van der Waals surface area contributed by atoms with Crippen molar-refractivity contribution in [2.24, 2.45) is 4.99 Å². The number of aromatic nitrogens is 1. The lowest BCUT2D eigenvalue weighted by atomic mass is 9.83. The summed E-state index contributed by atoms with van der Waals surface area (Å²) < 4.78 is 2.53. The van der Waals surface area contributed by atoms with Gasteiger partial charge in [-0.15, -0.1) is 0 Å². The Kier molecular flexibility index (Phi) is 4.93. The van der Waals surface area contributed by atoms with E-state index in [1.807, 2.05) is 34.9 Å². The van der Waals surface area contributed by atoms with E-state index in [4.69, 9.17) is 16.6 Å². The highest BCUT2D eigenvalue weighted by Crippen LogP contribution is 2.41. The summed E-state index contributed by atoms with van der Waals surface area (Å²) in [6.07, 6.45) is 3.73. The lowest BCUT2D eigenvalue weighted by Gasteiger charge is -2.30. The predicted molar refractivity (Wildman–Crippen MR) is 135 cm³/mol. The number of nitrogens with zero attached hydrogens (tertiary/aromatic N) is 2. The first kappa shape index (κ1) is 20.4. The van der Waals surface area contributed by atoms with E-state index < -0.39 is 0 Å². The second-order valence-corrected chi connectivity index (χ2v) is 9.96. The molecule has 4 aromatic rings. The van der Waals surface area contributed by atoms with Gasteiger partial charge >= 0.3 is 0 Å². The molecule has 162 valence electrons. The number of hydrogen-bond donors (Lipinski definition) is 0. The maximum absolute atomic E-state index is 13.7. The Morgan fingerprint density at radius 3 is 2.58 bits per heavy atom. The quantitative estimate of drug-likeness (QED) is 0.394. The zero-order valence-electron chi connectivity index (χ0n) is 18.1. The summed E-state index contributed by atoms with van der Waals surface area (Å²) in [5.74, 6) is 0. The van der Waals surface area contributed by atoms with Crippen LogP contribution in [0.15, 0.2) is 88.2 Å². The minimum Gasteiger partial charge on any atom is -0.272 e. The van der Waals surface area contributed by atoms with Crippen molar-refractivity contribution in [1.82, 2.24) is 4.57 Å². The van der Waals surface area contributed by atoms with Gasteiger partial charge in [0.15, 0.2) is 4.80 Å². The molecular formula is C28H21ClN2OS. The fraction of sp³-hybridized carbons (Fsp3) is 0.143. The van der Waals surface area contributed by atoms with Gasteiger partial charge in [0, 0.05) is 10.6 Å². The fourth-order valence-electron chi connectivity index (χ4n) is 4.80. The Hall–Kier alpha value is -3.21. The van der Waals surface area contributed by atoms with Crippen LogP contribution in [0.1, 0.15) is 40.3 Å². The second-order valence-electron chi connectivity index (χ2n) is 8.55. The monoisotopic (exact) mass is 468 g/mol. The maximum Gasteiger partial charge on any atom is 0.271 e. The highest BCUT2D eigenvalue weighted by atomic mass is 35.5. The Morgan fingerprint density at radius 2 is 1.76 bits per heavy atom. The summed E-state index contributed by atoms with van der Waals surface area (Å²) in [4.78, 5) is 19.5. The van der Waals surface area contributed by atoms with E-state index in [0.717, 1.165) is 34.5 Å². The van der Waals surface area contributed by atoms with Crippen LogP contribution in [-0.4, -0.2) is 4.57 Å². The second kappa shape index (κ2) is 7.98. The van der Waals surface area contributed by atoms with Crippen LogP contribution in [0.5, 0.6) is 0 Å². The molecule has 1 aliphatic heterocycles. The van der Waals surface area contributed by atoms with E-state index in [2.05, 4.69) is 55.5 Å². The molecule has 1 aromatic heterocycles. The first-order valence-electron chi connectivity index (χ1n) is 11.0. The third kappa shape index (κ3) is 3.41. The number of aryl methyl sites for hydroxylation is 2. The first-order valence-corrected chi connectivity index (χ1v) is 12.2. The van der Waals surface area contributed by atoms with Crippen LogP contribution in [0.25, 0.3) is 11.8 Å². The Bertz CT molecular complexity index is 1610. The summed E-state index contributed by atoms with van der Waals surface area (Å²) >= 11 is 7.81. The SMILES string of the molecule is Cc1ccc([C@@H]2C3=C(N=c4s/c(=C/c5ccccc5Cl)c(=O)n42)c2ccccc2CC3)cc1. The summed E-state index contributed by atoms with van der Waals surface area (Å²) in [5.41, 5.74) is 7.88. The molecule has 5 heteroatoms. The number of thiazole rings is 1. The number of rotatable bonds is 2. The topological polar surface area (TPSA) is 34.4 Å². The van der Waals surface area contributed by atoms with E-state index >= 15 is 0 Å². The number of halogens is 1. The molecule has 0 radical (unpaired) electrons. The normalized spacial score (nSPS) is 17.3. The van der Waals surface area contributed by atoms with Gasteiger partial charge in [-0.25, -0.2) is 4.99 Å². The summed E-state index contributed by atoms with van der Waals surface area (Å²) in [7, 11) is 0. The van der Waals surface area contributed by atoms with Crippen LogP contribution < -0.4 is 14.9 Å². The molecular weight excluding hydrogens is 448 g/mol. The van der Waals surface area contributed by atoms with Gasteiger partial charge in [-0.2, -0.15) is 0 Å². The minimum atomic E-state index is -0.154. The average molecular weight is 469 g/mol. The van der Waals surface area contributed by atoms with Gasteiger partial charge < -0.3 is 0 Å². The van der Waals surface area contributed by atoms with Crippen molar-refractivity contribution in [1.29, 1.82) is 0 Å². The van der Waals surface area contributed by atoms with Crippen molar-refractivity contribution in [2.75, 3.05) is 0 Å². The molecule has 0 amide bonds. The largest absolute Gasteiger partial charge is 0.272 e. The first-order chi connectivity index (χ1) is 16.1. The van der Waals surface area contributed by atoms with Crippen LogP contribution in [0.2, 0.25) is 5.02 Å². The number of hydrogen-bond acceptors (Lipinski definition) is 3. The molecule has 3 aromatic carbocycles. The van der Waals surface area contributed by atoms with E-state index in [1.54, 1.807) is 0 Å². The molecule has 1 aliphatic carbocycles. The van der Waals surface area contributed by atoms with Crippen molar-refractivity contribution in [3.8, 4) is 0 Å². The van der Waals surface area contributed by atoms with Crippen molar-refractivity contribution in [3.05, 3.63) is 131 Å². The third-order valence-electron chi connectivity index (χ3n) is 6.46. The molecule has 0 spiro atoms. The Morgan fingerprint density at radius 1 is 1.00 bits per heavy atom. The summed E-state index contributed by atoms with van der Waals surface area (Å²) in [5, 5.41) is 0.631. The van der Waals surface area contributed by atoms with Crippen LogP contribution in [0, 0.1) is 6.92 Å². The van der Waals surface area contributed by atoms with Gasteiger partial charge in [0.25, 0.3) is 5.56 Å². The van der Waals surface area contributed by atoms with Crippen LogP contribution in [-0.2, 0) is 6.42 Å². The lowest BCUT2D eigenvalue weighted by molar-refractivity contribution is 0.585. The smallest absolute Gasteiger partial charge is 0.271 e. The van der Waals surface area contributed by atoms with Crippen molar-refractivity contribution >= 4 is 34.7 Å². The van der Waals surface area contributed by atoms with Crippen molar-refractivity contribution in [3.63, 3.8) is 0 Å². The minimum absolute atomic E-state index is 0.0188. The number of fused-ring (bicyclic) bond motifs is 3. The molecule has 0 N–H and O–H groups in total. The zero-order chi connectivity index (χ0) is 22.5. The van der Waals surface area contributed by atoms with Gasteiger partial charge in [0.1, 0.15) is 0 Å². The molecule has 0 bridgehead atoms. The molecule has 0 unspecified atom stereocenters. The molecule has 1 atom stereocenters. The average Bonchev–Trinajstić information content (AvgIpc) is 3.14. The molecule has 0 fully saturated rings. The van der Waals surface area contributed by atoms with Gasteiger partial charge in [-0.3, -0.25) is 9.36 Å². The van der Waals surface area contributed by atoms with Gasteiger partial charge in [0.2, 0.25) is 0 Å². The van der Waals surface area contributed by atoms with Crippen LogP contribution >= 0.6 is 22.9 Å². The van der Waals surface area contributed by atoms with Crippen molar-refractivity contribution in [2.45, 2.75) is 25.8 Å². The number of benzene rings is 3. The molecule has 2 heterocycles. The highest BCUT2D eigenvalue weighted by molar-refractivity contribution is 7.07. The van der Waals surface area contributed by atoms with Gasteiger partial charge in [0.05, 0.1) is 16.3 Å². The molecule has 0 saturated carbocycles. The third-order valence-corrected chi connectivity index (χ3v) is 7.79. The van der Waals surface area contributed by atoms with Gasteiger partial charge in [-0.1, -0.05) is 95.2 Å². The lowest BCUT2D eigenvalue weighted by Crippen LogP contribution is -2.38. The van der Waals surface area contributed by atoms with E-state index in [0.29, 0.717) is 9.55 Å². The molecule has 3 nitrogen and oxygen atoms in total. The van der Waals surface area contributed by atoms with E-state index in [1.165, 1.54) is 33.6 Å². The van der Waals surface area contributed by atoms with E-state index in [-0.39, 0.29) is 11.6 Å². The Labute approximate surface area is 200 Å². The predicted octanol–water partition coefficient (Wildman–Crippen LogP) is 5.28. The van der Waals surface area contributed by atoms with Crippen molar-refractivity contribution < 1.29 is 0 Å². The zero-order valence-corrected chi connectivity index (χ0v) is 19.7. The molecule has 0 saturated heterocycles. The fourth-order valence-corrected chi connectivity index (χ4v) is 5.99. The summed E-state index contributed by atoms with van der Waals surface area (Å²) in [6.45, 7) is 2.08. The molecule has 2 aliphatic rings. The standard InChI is InChI=1S/C28H21ClN2OS/c1-17-10-12-19(13-11-17)26-22-15-14-18-6-2-4-8-21(18)25(22)30-28-31(26)27(32)24(33-28)16-20-7-3-5-9-23(20)29/h2-13,16,26H,14-15H2,1H3/b24-16+/t26-/m1/s1. The summed E-state index contributed by atoms with van der Waals surface area (Å²) in [6, 6.07) is 24.4. The molecule has 33 heavy (non-hydrogen) atoms. The number of allylic oxidation sites excluding steroid dienone is 1.